The molecule has 1 atom stereocenters. The van der Waals surface area contributed by atoms with Crippen LogP contribution in [0.25, 0.3) is 0 Å². The second-order valence-electron chi connectivity index (χ2n) is 4.60. The van der Waals surface area contributed by atoms with Gasteiger partial charge in [0.15, 0.2) is 0 Å². The van der Waals surface area contributed by atoms with Crippen molar-refractivity contribution >= 4 is 10.4 Å². The summed E-state index contributed by atoms with van der Waals surface area (Å²) in [6.07, 6.45) is 9.96. The highest BCUT2D eigenvalue weighted by atomic mass is 32.3. The Balaban J connectivity index is 3.28. The number of unbranched alkanes of at least 4 members (excludes halogenated alkanes) is 7. The van der Waals surface area contributed by atoms with Crippen LogP contribution in [0.5, 0.6) is 0 Å². The quantitative estimate of drug-likeness (QED) is 0.457. The van der Waals surface area contributed by atoms with Crippen molar-refractivity contribution in [2.75, 3.05) is 0 Å². The minimum atomic E-state index is -4.28. The summed E-state index contributed by atoms with van der Waals surface area (Å²) in [5.74, 6) is 0. The zero-order valence-electron chi connectivity index (χ0n) is 11.0. The smallest absolute Gasteiger partial charge is 0.264 e. The molecule has 5 heteroatoms. The number of hydrogen-bond acceptors (Lipinski definition) is 3. The Bertz CT molecular complexity index is 262. The van der Waals surface area contributed by atoms with Crippen molar-refractivity contribution in [2.45, 2.75) is 77.7 Å². The lowest BCUT2D eigenvalue weighted by Crippen LogP contribution is -2.14. The highest BCUT2D eigenvalue weighted by molar-refractivity contribution is 7.80. The first kappa shape index (κ1) is 16.9. The Hall–Kier alpha value is -0.130. The van der Waals surface area contributed by atoms with E-state index in [-0.39, 0.29) is 0 Å². The van der Waals surface area contributed by atoms with Gasteiger partial charge in [0.2, 0.25) is 0 Å². The summed E-state index contributed by atoms with van der Waals surface area (Å²) in [6.45, 7) is 3.87. The Morgan fingerprint density at radius 2 is 1.47 bits per heavy atom. The van der Waals surface area contributed by atoms with Crippen LogP contribution in [-0.2, 0) is 14.6 Å². The summed E-state index contributed by atoms with van der Waals surface area (Å²) in [6, 6.07) is 0. The van der Waals surface area contributed by atoms with Crippen LogP contribution in [0, 0.1) is 0 Å². The maximum absolute atomic E-state index is 10.4. The molecule has 0 bridgehead atoms. The maximum Gasteiger partial charge on any atom is 0.397 e. The molecule has 0 aliphatic heterocycles. The van der Waals surface area contributed by atoms with Crippen molar-refractivity contribution in [2.24, 2.45) is 0 Å². The molecule has 0 saturated carbocycles. The van der Waals surface area contributed by atoms with E-state index in [9.17, 15) is 8.42 Å². The van der Waals surface area contributed by atoms with Crippen molar-refractivity contribution in [3.63, 3.8) is 0 Å². The van der Waals surface area contributed by atoms with E-state index < -0.39 is 16.5 Å². The largest absolute Gasteiger partial charge is 0.397 e. The lowest BCUT2D eigenvalue weighted by Gasteiger charge is -2.09. The molecule has 0 aromatic carbocycles. The fourth-order valence-corrected chi connectivity index (χ4v) is 2.33. The molecule has 0 radical (unpaired) electrons. The molecule has 0 aromatic heterocycles. The Morgan fingerprint density at radius 3 is 1.94 bits per heavy atom. The van der Waals surface area contributed by atoms with Gasteiger partial charge in [0.05, 0.1) is 6.10 Å². The zero-order valence-corrected chi connectivity index (χ0v) is 11.8. The summed E-state index contributed by atoms with van der Waals surface area (Å²) in [4.78, 5) is 0. The molecule has 0 spiro atoms. The summed E-state index contributed by atoms with van der Waals surface area (Å²) in [5.41, 5.74) is 0. The van der Waals surface area contributed by atoms with Gasteiger partial charge in [-0.15, -0.1) is 0 Å². The van der Waals surface area contributed by atoms with E-state index in [2.05, 4.69) is 11.1 Å². The molecule has 0 saturated heterocycles. The highest BCUT2D eigenvalue weighted by Gasteiger charge is 2.11. The minimum Gasteiger partial charge on any atom is -0.264 e. The van der Waals surface area contributed by atoms with Gasteiger partial charge in [0, 0.05) is 0 Å². The van der Waals surface area contributed by atoms with Crippen molar-refractivity contribution in [3.05, 3.63) is 0 Å². The highest BCUT2D eigenvalue weighted by Crippen LogP contribution is 2.12. The second-order valence-corrected chi connectivity index (χ2v) is 5.65. The first-order valence-corrected chi connectivity index (χ1v) is 7.98. The van der Waals surface area contributed by atoms with E-state index in [4.69, 9.17) is 4.55 Å². The van der Waals surface area contributed by atoms with Crippen LogP contribution in [0.15, 0.2) is 0 Å². The molecular weight excluding hydrogens is 240 g/mol. The van der Waals surface area contributed by atoms with Crippen molar-refractivity contribution in [3.8, 4) is 0 Å². The minimum absolute atomic E-state index is 0.426. The summed E-state index contributed by atoms with van der Waals surface area (Å²) in [5, 5.41) is 0. The topological polar surface area (TPSA) is 63.6 Å². The van der Waals surface area contributed by atoms with Gasteiger partial charge in [-0.1, -0.05) is 58.3 Å². The van der Waals surface area contributed by atoms with Crippen LogP contribution >= 0.6 is 0 Å². The van der Waals surface area contributed by atoms with Gasteiger partial charge in [0.1, 0.15) is 0 Å². The molecule has 0 heterocycles. The van der Waals surface area contributed by atoms with E-state index in [1.165, 1.54) is 38.5 Å². The second kappa shape index (κ2) is 9.85. The molecule has 0 rings (SSSR count). The van der Waals surface area contributed by atoms with Crippen LogP contribution in [0.1, 0.15) is 71.6 Å². The fourth-order valence-electron chi connectivity index (χ4n) is 1.82. The van der Waals surface area contributed by atoms with Gasteiger partial charge in [-0.3, -0.25) is 4.55 Å². The van der Waals surface area contributed by atoms with Crippen LogP contribution in [0.2, 0.25) is 0 Å². The third kappa shape index (κ3) is 13.8. The van der Waals surface area contributed by atoms with E-state index >= 15 is 0 Å². The molecule has 0 amide bonds. The van der Waals surface area contributed by atoms with Crippen LogP contribution in [-0.4, -0.2) is 19.1 Å². The van der Waals surface area contributed by atoms with Gasteiger partial charge in [0.25, 0.3) is 0 Å². The maximum atomic E-state index is 10.4. The molecule has 4 nitrogen and oxygen atoms in total. The Kier molecular flexibility index (Phi) is 9.78. The zero-order chi connectivity index (χ0) is 13.1. The molecule has 104 valence electrons. The average molecular weight is 266 g/mol. The van der Waals surface area contributed by atoms with E-state index in [1.807, 2.05) is 0 Å². The lowest BCUT2D eigenvalue weighted by molar-refractivity contribution is 0.185. The Morgan fingerprint density at radius 1 is 1.00 bits per heavy atom. The van der Waals surface area contributed by atoms with Gasteiger partial charge in [-0.05, 0) is 13.3 Å². The molecular formula is C12H26O4S. The first-order valence-electron chi connectivity index (χ1n) is 6.61. The SMILES string of the molecule is CCCCCCCCCCC(C)OS(=O)(=O)O. The van der Waals surface area contributed by atoms with E-state index in [0.717, 1.165) is 12.8 Å². The van der Waals surface area contributed by atoms with E-state index in [0.29, 0.717) is 6.42 Å². The van der Waals surface area contributed by atoms with Gasteiger partial charge in [-0.25, -0.2) is 4.18 Å². The predicted molar refractivity (Wildman–Crippen MR) is 69.3 cm³/mol. The van der Waals surface area contributed by atoms with Crippen molar-refractivity contribution in [1.29, 1.82) is 0 Å². The molecule has 0 fully saturated rings. The van der Waals surface area contributed by atoms with Crippen LogP contribution in [0.3, 0.4) is 0 Å². The van der Waals surface area contributed by atoms with Gasteiger partial charge in [-0.2, -0.15) is 8.42 Å². The first-order chi connectivity index (χ1) is 7.95. The molecule has 0 aliphatic rings. The van der Waals surface area contributed by atoms with Crippen molar-refractivity contribution in [1.82, 2.24) is 0 Å². The summed E-state index contributed by atoms with van der Waals surface area (Å²) < 4.78 is 33.7. The molecule has 17 heavy (non-hydrogen) atoms. The number of rotatable bonds is 11. The molecule has 0 aromatic rings. The lowest BCUT2D eigenvalue weighted by atomic mass is 10.1. The van der Waals surface area contributed by atoms with Crippen molar-refractivity contribution < 1.29 is 17.2 Å². The summed E-state index contributed by atoms with van der Waals surface area (Å²) in [7, 11) is -4.28. The van der Waals surface area contributed by atoms with Crippen LogP contribution in [0.4, 0.5) is 0 Å². The third-order valence-electron chi connectivity index (χ3n) is 2.75. The van der Waals surface area contributed by atoms with Crippen LogP contribution < -0.4 is 0 Å². The van der Waals surface area contributed by atoms with Gasteiger partial charge >= 0.3 is 10.4 Å². The standard InChI is InChI=1S/C12H26O4S/c1-3-4-5-6-7-8-9-10-11-12(2)16-17(13,14)15/h12H,3-11H2,1-2H3,(H,13,14,15). The third-order valence-corrected chi connectivity index (χ3v) is 3.32. The van der Waals surface area contributed by atoms with E-state index in [1.54, 1.807) is 6.92 Å². The van der Waals surface area contributed by atoms with Gasteiger partial charge < -0.3 is 0 Å². The predicted octanol–water partition coefficient (Wildman–Crippen LogP) is 3.73. The number of hydrogen-bond donors (Lipinski definition) is 1. The molecule has 0 aliphatic carbocycles. The monoisotopic (exact) mass is 266 g/mol. The Labute approximate surface area is 106 Å². The molecule has 1 unspecified atom stereocenters. The average Bonchev–Trinajstić information content (AvgIpc) is 2.19. The summed E-state index contributed by atoms with van der Waals surface area (Å²) >= 11 is 0. The molecule has 1 N–H and O–H groups in total. The fraction of sp³-hybridized carbons (Fsp3) is 1.00. The normalized spacial score (nSPS) is 13.8.